The maximum atomic E-state index is 3.50. The molecule has 0 aromatic carbocycles. The highest BCUT2D eigenvalue weighted by Gasteiger charge is 2.32. The first-order valence-corrected chi connectivity index (χ1v) is 20.2. The molecule has 0 spiro atoms. The van der Waals surface area contributed by atoms with Gasteiger partial charge in [-0.1, -0.05) is 157 Å². The van der Waals surface area contributed by atoms with Crippen LogP contribution < -0.4 is 0 Å². The first-order chi connectivity index (χ1) is 17.9. The van der Waals surface area contributed by atoms with E-state index in [-0.39, 0.29) is 7.92 Å². The predicted octanol–water partition coefficient (Wildman–Crippen LogP) is 13.2. The van der Waals surface area contributed by atoms with Crippen LogP contribution in [0.2, 0.25) is 0 Å². The van der Waals surface area contributed by atoms with E-state index in [1.165, 1.54) is 173 Å². The van der Waals surface area contributed by atoms with Crippen molar-refractivity contribution in [3.05, 3.63) is 0 Å². The number of rotatable bonds is 29. The zero-order valence-electron chi connectivity index (χ0n) is 26.7. The van der Waals surface area contributed by atoms with Crippen LogP contribution >= 0.6 is 26.4 Å². The minimum Gasteiger partial charge on any atom is -0.131 e. The van der Waals surface area contributed by atoms with E-state index in [0.29, 0.717) is 10.3 Å². The van der Waals surface area contributed by atoms with E-state index in [2.05, 4.69) is 53.1 Å². The van der Waals surface area contributed by atoms with Crippen molar-refractivity contribution in [1.82, 2.24) is 0 Å². The normalized spacial score (nSPS) is 12.6. The van der Waals surface area contributed by atoms with Gasteiger partial charge in [0.1, 0.15) is 0 Å². The van der Waals surface area contributed by atoms with Gasteiger partial charge in [-0.05, 0) is 60.9 Å². The molecule has 0 aliphatic carbocycles. The number of hydrogen-bond donors (Lipinski definition) is 0. The molecule has 0 nitrogen and oxygen atoms in total. The van der Waals surface area contributed by atoms with Crippen LogP contribution in [0.15, 0.2) is 0 Å². The summed E-state index contributed by atoms with van der Waals surface area (Å²) in [4.78, 5) is 0. The van der Waals surface area contributed by atoms with Gasteiger partial charge < -0.3 is 0 Å². The highest BCUT2D eigenvalue weighted by atomic mass is 31.1. The van der Waals surface area contributed by atoms with Crippen molar-refractivity contribution < 1.29 is 0 Å². The topological polar surface area (TPSA) is 0 Å². The van der Waals surface area contributed by atoms with E-state index in [4.69, 9.17) is 0 Å². The largest absolute Gasteiger partial charge is 0.131 e. The van der Waals surface area contributed by atoms with Crippen molar-refractivity contribution in [1.29, 1.82) is 0 Å². The molecule has 0 N–H and O–H groups in total. The van der Waals surface area contributed by atoms with Crippen molar-refractivity contribution in [3.8, 4) is 0 Å². The molecule has 0 radical (unpaired) electrons. The minimum atomic E-state index is 0.107. The van der Waals surface area contributed by atoms with Crippen molar-refractivity contribution in [2.45, 2.75) is 199 Å². The van der Waals surface area contributed by atoms with Gasteiger partial charge in [-0.15, -0.1) is 26.4 Å². The van der Waals surface area contributed by atoms with Gasteiger partial charge in [0.15, 0.2) is 0 Å². The first-order valence-electron chi connectivity index (χ1n) is 17.2. The molecule has 0 aromatic heterocycles. The lowest BCUT2D eigenvalue weighted by molar-refractivity contribution is 0.467. The Morgan fingerprint density at radius 1 is 0.378 bits per heavy atom. The second-order valence-electron chi connectivity index (χ2n) is 12.7. The Labute approximate surface area is 243 Å². The third kappa shape index (κ3) is 22.6. The third-order valence-corrected chi connectivity index (χ3v) is 13.9. The lowest BCUT2D eigenvalue weighted by Crippen LogP contribution is -2.31. The van der Waals surface area contributed by atoms with Crippen molar-refractivity contribution in [2.24, 2.45) is 0 Å². The molecule has 0 aromatic rings. The molecule has 3 heteroatoms. The Hall–Kier alpha value is 1.29. The van der Waals surface area contributed by atoms with Crippen LogP contribution in [0.3, 0.4) is 0 Å². The standard InChI is InChI=1S/C34H73P3/c1-6-11-16-21-26-33(35,27-22-17-12-7-2)31-37(30-25-20-15-10-5)32-34(36,28-23-18-13-8-3)29-24-19-14-9-4/h6-32,35-36H2,1-5H3. The summed E-state index contributed by atoms with van der Waals surface area (Å²) < 4.78 is 0. The summed E-state index contributed by atoms with van der Waals surface area (Å²) in [6.07, 6.45) is 38.8. The van der Waals surface area contributed by atoms with Crippen molar-refractivity contribution in [3.63, 3.8) is 0 Å². The van der Waals surface area contributed by atoms with Gasteiger partial charge >= 0.3 is 0 Å². The number of hydrogen-bond acceptors (Lipinski definition) is 0. The van der Waals surface area contributed by atoms with Gasteiger partial charge in [0.25, 0.3) is 0 Å². The fourth-order valence-electron chi connectivity index (χ4n) is 6.05. The minimum absolute atomic E-state index is 0.107. The molecule has 0 fully saturated rings. The summed E-state index contributed by atoms with van der Waals surface area (Å²) in [5.41, 5.74) is 0. The van der Waals surface area contributed by atoms with Gasteiger partial charge in [-0.3, -0.25) is 0 Å². The summed E-state index contributed by atoms with van der Waals surface area (Å²) in [5, 5.41) is 1.02. The van der Waals surface area contributed by atoms with E-state index in [1.54, 1.807) is 0 Å². The molecular weight excluding hydrogens is 501 g/mol. The molecule has 0 aliphatic heterocycles. The SMILES string of the molecule is CCCCCCP(CC(P)(CCCCCC)CCCCCC)CC(P)(CCCCCC)CCCCCC. The van der Waals surface area contributed by atoms with Crippen molar-refractivity contribution in [2.75, 3.05) is 18.5 Å². The number of unbranched alkanes of at least 4 members (excludes halogenated alkanes) is 15. The van der Waals surface area contributed by atoms with Gasteiger partial charge in [0.2, 0.25) is 0 Å². The molecule has 37 heavy (non-hydrogen) atoms. The van der Waals surface area contributed by atoms with Gasteiger partial charge in [0.05, 0.1) is 0 Å². The lowest BCUT2D eigenvalue weighted by atomic mass is 9.94. The quantitative estimate of drug-likeness (QED) is 0.0615. The Morgan fingerprint density at radius 3 is 0.919 bits per heavy atom. The average Bonchev–Trinajstić information content (AvgIpc) is 2.88. The Balaban J connectivity index is 5.50. The Kier molecular flexibility index (Phi) is 27.1. The zero-order chi connectivity index (χ0) is 27.7. The fraction of sp³-hybridized carbons (Fsp3) is 1.00. The monoisotopic (exact) mass is 574 g/mol. The smallest absolute Gasteiger partial charge is 0.0111 e. The Bertz CT molecular complexity index is 404. The van der Waals surface area contributed by atoms with Crippen molar-refractivity contribution >= 4 is 26.4 Å². The Morgan fingerprint density at radius 2 is 0.649 bits per heavy atom. The van der Waals surface area contributed by atoms with E-state index in [1.807, 2.05) is 0 Å². The highest BCUT2D eigenvalue weighted by Crippen LogP contribution is 2.52. The molecule has 224 valence electrons. The lowest BCUT2D eigenvalue weighted by Gasteiger charge is -2.39. The van der Waals surface area contributed by atoms with E-state index >= 15 is 0 Å². The molecule has 0 rings (SSSR count). The van der Waals surface area contributed by atoms with Crippen LogP contribution in [0, 0.1) is 0 Å². The van der Waals surface area contributed by atoms with Crippen LogP contribution in [-0.2, 0) is 0 Å². The molecular formula is C34H73P3. The van der Waals surface area contributed by atoms with Crippen LogP contribution in [0.4, 0.5) is 0 Å². The molecule has 0 heterocycles. The zero-order valence-corrected chi connectivity index (χ0v) is 29.9. The van der Waals surface area contributed by atoms with E-state index < -0.39 is 0 Å². The second-order valence-corrected chi connectivity index (χ2v) is 17.6. The third-order valence-electron chi connectivity index (χ3n) is 8.52. The van der Waals surface area contributed by atoms with Crippen LogP contribution in [0.5, 0.6) is 0 Å². The molecule has 0 bridgehead atoms. The fourth-order valence-corrected chi connectivity index (χ4v) is 11.9. The average molecular weight is 575 g/mol. The van der Waals surface area contributed by atoms with Crippen LogP contribution in [0.1, 0.15) is 189 Å². The predicted molar refractivity (Wildman–Crippen MR) is 186 cm³/mol. The van der Waals surface area contributed by atoms with Gasteiger partial charge in [-0.2, -0.15) is 0 Å². The molecule has 0 amide bonds. The van der Waals surface area contributed by atoms with E-state index in [9.17, 15) is 0 Å². The molecule has 2 unspecified atom stereocenters. The maximum Gasteiger partial charge on any atom is -0.0111 e. The summed E-state index contributed by atoms with van der Waals surface area (Å²) in [6, 6.07) is 0. The maximum absolute atomic E-state index is 3.50. The molecule has 0 saturated carbocycles. The first kappa shape index (κ1) is 38.3. The van der Waals surface area contributed by atoms with Crippen LogP contribution in [0.25, 0.3) is 0 Å². The van der Waals surface area contributed by atoms with Crippen LogP contribution in [-0.4, -0.2) is 28.8 Å². The van der Waals surface area contributed by atoms with E-state index in [0.717, 1.165) is 0 Å². The summed E-state index contributed by atoms with van der Waals surface area (Å²) in [5.74, 6) is 0. The summed E-state index contributed by atoms with van der Waals surface area (Å²) in [7, 11) is 7.11. The summed E-state index contributed by atoms with van der Waals surface area (Å²) >= 11 is 0. The highest BCUT2D eigenvalue weighted by molar-refractivity contribution is 7.58. The molecule has 0 saturated heterocycles. The van der Waals surface area contributed by atoms with Gasteiger partial charge in [-0.25, -0.2) is 0 Å². The molecule has 2 atom stereocenters. The summed E-state index contributed by atoms with van der Waals surface area (Å²) in [6.45, 7) is 11.8. The van der Waals surface area contributed by atoms with Gasteiger partial charge in [0, 0.05) is 0 Å². The molecule has 0 aliphatic rings. The second kappa shape index (κ2) is 26.2.